The summed E-state index contributed by atoms with van der Waals surface area (Å²) in [6.45, 7) is 2.21. The number of aromatic hydroxyl groups is 1. The van der Waals surface area contributed by atoms with E-state index < -0.39 is 4.92 Å². The number of nitro benzene ring substituents is 1. The molecule has 0 aromatic heterocycles. The maximum absolute atomic E-state index is 10.8. The number of rotatable bonds is 4. The Bertz CT molecular complexity index is 621. The molecule has 1 aliphatic rings. The summed E-state index contributed by atoms with van der Waals surface area (Å²) in [5, 5.41) is 27.8. The van der Waals surface area contributed by atoms with Gasteiger partial charge in [-0.3, -0.25) is 15.5 Å². The Kier molecular flexibility index (Phi) is 5.86. The zero-order chi connectivity index (χ0) is 16.8. The van der Waals surface area contributed by atoms with E-state index in [1.807, 2.05) is 0 Å². The largest absolute Gasteiger partial charge is 0.502 e. The standard InChI is InChI=1S/C15H20N4O3S/c1-10-4-2-3-5-12(10)17-15(23)18-16-9-11-6-7-14(20)13(8-11)19(21)22/h6-10,12,20H,2-5H2,1H3,(H2,17,18,23)/b16-9-/t10-,12+/m1/s1. The predicted octanol–water partition coefficient (Wildman–Crippen LogP) is 2.68. The molecule has 1 saturated carbocycles. The van der Waals surface area contributed by atoms with Gasteiger partial charge in [0.15, 0.2) is 10.9 Å². The number of hydrogen-bond donors (Lipinski definition) is 3. The Morgan fingerprint density at radius 2 is 2.22 bits per heavy atom. The summed E-state index contributed by atoms with van der Waals surface area (Å²) in [6, 6.07) is 4.40. The quantitative estimate of drug-likeness (QED) is 0.338. The van der Waals surface area contributed by atoms with Crippen LogP contribution in [0.1, 0.15) is 38.2 Å². The van der Waals surface area contributed by atoms with Crippen molar-refractivity contribution in [2.24, 2.45) is 11.0 Å². The molecule has 1 aromatic carbocycles. The van der Waals surface area contributed by atoms with Gasteiger partial charge in [-0.25, -0.2) is 0 Å². The maximum Gasteiger partial charge on any atom is 0.311 e. The zero-order valence-corrected chi connectivity index (χ0v) is 13.7. The maximum atomic E-state index is 10.8. The van der Waals surface area contributed by atoms with Gasteiger partial charge >= 0.3 is 5.69 Å². The highest BCUT2D eigenvalue weighted by Gasteiger charge is 2.21. The molecule has 23 heavy (non-hydrogen) atoms. The molecule has 0 aliphatic heterocycles. The van der Waals surface area contributed by atoms with E-state index in [9.17, 15) is 15.2 Å². The summed E-state index contributed by atoms with van der Waals surface area (Å²) in [4.78, 5) is 10.1. The minimum atomic E-state index is -0.642. The minimum absolute atomic E-state index is 0.355. The second-order valence-electron chi connectivity index (χ2n) is 5.72. The van der Waals surface area contributed by atoms with E-state index in [-0.39, 0.29) is 11.4 Å². The van der Waals surface area contributed by atoms with Gasteiger partial charge in [-0.2, -0.15) is 5.10 Å². The Balaban J connectivity index is 1.89. The highest BCUT2D eigenvalue weighted by molar-refractivity contribution is 7.80. The monoisotopic (exact) mass is 336 g/mol. The van der Waals surface area contributed by atoms with E-state index >= 15 is 0 Å². The van der Waals surface area contributed by atoms with Crippen molar-refractivity contribution in [1.82, 2.24) is 10.7 Å². The van der Waals surface area contributed by atoms with Gasteiger partial charge in [0, 0.05) is 17.7 Å². The number of nitrogens with zero attached hydrogens (tertiary/aromatic N) is 2. The summed E-state index contributed by atoms with van der Waals surface area (Å²) in [6.07, 6.45) is 6.17. The number of nitrogens with one attached hydrogen (secondary N) is 2. The third-order valence-corrected chi connectivity index (χ3v) is 4.21. The third-order valence-electron chi connectivity index (χ3n) is 4.00. The molecule has 7 nitrogen and oxygen atoms in total. The first-order chi connectivity index (χ1) is 11.0. The molecule has 0 spiro atoms. The Hall–Kier alpha value is -2.22. The number of thiocarbonyl (C=S) groups is 1. The van der Waals surface area contributed by atoms with Crippen LogP contribution in [0.15, 0.2) is 23.3 Å². The molecule has 2 atom stereocenters. The molecule has 3 N–H and O–H groups in total. The van der Waals surface area contributed by atoms with Crippen molar-refractivity contribution >= 4 is 29.2 Å². The number of hydrogen-bond acceptors (Lipinski definition) is 5. The van der Waals surface area contributed by atoms with Gasteiger partial charge in [0.1, 0.15) is 0 Å². The van der Waals surface area contributed by atoms with Gasteiger partial charge in [0.05, 0.1) is 11.1 Å². The van der Waals surface area contributed by atoms with Gasteiger partial charge in [-0.15, -0.1) is 0 Å². The van der Waals surface area contributed by atoms with Crippen molar-refractivity contribution in [2.45, 2.75) is 38.6 Å². The van der Waals surface area contributed by atoms with E-state index in [1.54, 1.807) is 0 Å². The van der Waals surface area contributed by atoms with Crippen molar-refractivity contribution in [3.63, 3.8) is 0 Å². The molecule has 0 saturated heterocycles. The summed E-state index contributed by atoms with van der Waals surface area (Å²) >= 11 is 5.21. The SMILES string of the molecule is C[C@@H]1CCCC[C@@H]1NC(=S)N/N=C\c1ccc(O)c([N+](=O)[O-])c1. The lowest BCUT2D eigenvalue weighted by Crippen LogP contribution is -2.44. The van der Waals surface area contributed by atoms with Crippen LogP contribution in [0.25, 0.3) is 0 Å². The summed E-state index contributed by atoms with van der Waals surface area (Å²) < 4.78 is 0. The van der Waals surface area contributed by atoms with Gasteiger partial charge < -0.3 is 10.4 Å². The molecule has 0 radical (unpaired) electrons. The zero-order valence-electron chi connectivity index (χ0n) is 12.9. The Morgan fingerprint density at radius 3 is 2.91 bits per heavy atom. The first-order valence-electron chi connectivity index (χ1n) is 7.54. The summed E-state index contributed by atoms with van der Waals surface area (Å²) in [5.41, 5.74) is 2.86. The van der Waals surface area contributed by atoms with Gasteiger partial charge in [-0.05, 0) is 43.1 Å². The molecule has 2 rings (SSSR count). The first-order valence-corrected chi connectivity index (χ1v) is 7.95. The third kappa shape index (κ3) is 4.88. The van der Waals surface area contributed by atoms with E-state index in [2.05, 4.69) is 22.8 Å². The number of phenols is 1. The highest BCUT2D eigenvalue weighted by atomic mass is 32.1. The fourth-order valence-electron chi connectivity index (χ4n) is 2.66. The molecule has 0 amide bonds. The van der Waals surface area contributed by atoms with Crippen LogP contribution in [0.5, 0.6) is 5.75 Å². The molecule has 1 fully saturated rings. The van der Waals surface area contributed by atoms with Crippen LogP contribution in [-0.2, 0) is 0 Å². The van der Waals surface area contributed by atoms with Gasteiger partial charge in [-0.1, -0.05) is 19.8 Å². The first kappa shape index (κ1) is 17.1. The fourth-order valence-corrected chi connectivity index (χ4v) is 2.87. The smallest absolute Gasteiger partial charge is 0.311 e. The lowest BCUT2D eigenvalue weighted by Gasteiger charge is -2.30. The highest BCUT2D eigenvalue weighted by Crippen LogP contribution is 2.25. The number of nitro groups is 1. The molecular formula is C15H20N4O3S. The second kappa shape index (κ2) is 7.87. The van der Waals surface area contributed by atoms with E-state index in [1.165, 1.54) is 43.7 Å². The van der Waals surface area contributed by atoms with Crippen LogP contribution < -0.4 is 10.7 Å². The van der Waals surface area contributed by atoms with Crippen LogP contribution >= 0.6 is 12.2 Å². The van der Waals surface area contributed by atoms with Gasteiger partial charge in [0.2, 0.25) is 0 Å². The van der Waals surface area contributed by atoms with Crippen molar-refractivity contribution in [2.75, 3.05) is 0 Å². The van der Waals surface area contributed by atoms with Crippen LogP contribution in [0.3, 0.4) is 0 Å². The van der Waals surface area contributed by atoms with Crippen LogP contribution in [0, 0.1) is 16.0 Å². The Labute approximate surface area is 139 Å². The lowest BCUT2D eigenvalue weighted by atomic mass is 9.86. The predicted molar refractivity (Wildman–Crippen MR) is 92.6 cm³/mol. The second-order valence-corrected chi connectivity index (χ2v) is 6.13. The number of benzene rings is 1. The van der Waals surface area contributed by atoms with Crippen LogP contribution in [-0.4, -0.2) is 27.4 Å². The van der Waals surface area contributed by atoms with Crippen molar-refractivity contribution < 1.29 is 10.0 Å². The molecule has 1 aromatic rings. The van der Waals surface area contributed by atoms with Crippen LogP contribution in [0.4, 0.5) is 5.69 Å². The lowest BCUT2D eigenvalue weighted by molar-refractivity contribution is -0.385. The van der Waals surface area contributed by atoms with Crippen LogP contribution in [0.2, 0.25) is 0 Å². The van der Waals surface area contributed by atoms with E-state index in [0.717, 1.165) is 6.42 Å². The fraction of sp³-hybridized carbons (Fsp3) is 0.467. The average molecular weight is 336 g/mol. The molecule has 8 heteroatoms. The summed E-state index contributed by atoms with van der Waals surface area (Å²) in [7, 11) is 0. The normalized spacial score (nSPS) is 21.1. The average Bonchev–Trinajstić information content (AvgIpc) is 2.51. The molecule has 0 heterocycles. The van der Waals surface area contributed by atoms with E-state index in [0.29, 0.717) is 22.6 Å². The van der Waals surface area contributed by atoms with Crippen molar-refractivity contribution in [3.8, 4) is 5.75 Å². The Morgan fingerprint density at radius 1 is 1.48 bits per heavy atom. The molecule has 1 aliphatic carbocycles. The minimum Gasteiger partial charge on any atom is -0.502 e. The topological polar surface area (TPSA) is 99.8 Å². The van der Waals surface area contributed by atoms with Crippen molar-refractivity contribution in [1.29, 1.82) is 0 Å². The molecule has 124 valence electrons. The van der Waals surface area contributed by atoms with Crippen molar-refractivity contribution in [3.05, 3.63) is 33.9 Å². The molecule has 0 unspecified atom stereocenters. The summed E-state index contributed by atoms with van der Waals surface area (Å²) in [5.74, 6) is 0.204. The molecule has 0 bridgehead atoms. The number of hydrazone groups is 1. The number of phenolic OH excluding ortho intramolecular Hbond substituents is 1. The molecular weight excluding hydrogens is 316 g/mol. The van der Waals surface area contributed by atoms with E-state index in [4.69, 9.17) is 12.2 Å². The van der Waals surface area contributed by atoms with Gasteiger partial charge in [0.25, 0.3) is 0 Å².